The number of hydrogen-bond donors (Lipinski definition) is 0. The van der Waals surface area contributed by atoms with Crippen molar-refractivity contribution in [3.63, 3.8) is 0 Å². The van der Waals surface area contributed by atoms with Crippen molar-refractivity contribution >= 4 is 44.4 Å². The molecule has 0 radical (unpaired) electrons. The molecule has 1 aromatic heterocycles. The Morgan fingerprint density at radius 2 is 2.12 bits per heavy atom. The maximum Gasteiger partial charge on any atom is 0.228 e. The fraction of sp³-hybridized carbons (Fsp3) is 0.440. The van der Waals surface area contributed by atoms with Crippen molar-refractivity contribution in [1.82, 2.24) is 4.98 Å². The van der Waals surface area contributed by atoms with Gasteiger partial charge in [-0.2, -0.15) is 0 Å². The lowest BCUT2D eigenvalue weighted by molar-refractivity contribution is -0.119. The van der Waals surface area contributed by atoms with Gasteiger partial charge < -0.3 is 9.47 Å². The summed E-state index contributed by atoms with van der Waals surface area (Å²) in [6.07, 6.45) is 4.49. The lowest BCUT2D eigenvalue weighted by Crippen LogP contribution is -2.37. The topological polar surface area (TPSA) is 51.7 Å². The van der Waals surface area contributed by atoms with Crippen LogP contribution in [0.4, 0.5) is 5.13 Å². The molecule has 5 nitrogen and oxygen atoms in total. The summed E-state index contributed by atoms with van der Waals surface area (Å²) in [5, 5.41) is 0.788. The number of ether oxygens (including phenoxy) is 2. The van der Waals surface area contributed by atoms with Crippen LogP contribution in [0.25, 0.3) is 10.2 Å². The Labute approximate surface area is 198 Å². The average molecular weight is 471 g/mol. The highest BCUT2D eigenvalue weighted by molar-refractivity contribution is 7.99. The molecule has 0 N–H and O–H groups in total. The number of anilines is 1. The minimum atomic E-state index is 0.103. The van der Waals surface area contributed by atoms with Gasteiger partial charge in [0.1, 0.15) is 5.75 Å². The highest BCUT2D eigenvalue weighted by Gasteiger charge is 2.26. The second kappa shape index (κ2) is 11.2. The normalized spacial score (nSPS) is 15.9. The number of amides is 1. The molecule has 4 rings (SSSR count). The van der Waals surface area contributed by atoms with Gasteiger partial charge in [0.25, 0.3) is 0 Å². The van der Waals surface area contributed by atoms with Crippen LogP contribution in [0.15, 0.2) is 47.4 Å². The number of aryl methyl sites for hydroxylation is 1. The van der Waals surface area contributed by atoms with Crippen molar-refractivity contribution in [3.05, 3.63) is 48.0 Å². The fourth-order valence-corrected chi connectivity index (χ4v) is 5.70. The van der Waals surface area contributed by atoms with E-state index in [0.29, 0.717) is 13.0 Å². The number of benzene rings is 2. The van der Waals surface area contributed by atoms with E-state index in [1.165, 1.54) is 10.5 Å². The molecule has 2 heterocycles. The Balaban J connectivity index is 1.40. The number of fused-ring (bicyclic) bond motifs is 1. The van der Waals surface area contributed by atoms with Gasteiger partial charge in [0.05, 0.1) is 30.0 Å². The van der Waals surface area contributed by atoms with Crippen LogP contribution in [0.5, 0.6) is 5.75 Å². The van der Waals surface area contributed by atoms with E-state index in [1.807, 2.05) is 17.0 Å². The number of aromatic nitrogens is 1. The standard InChI is InChI=1S/C25H30N2O3S2/c1-3-18-8-13-22-23(16-18)32-25(26-22)27(17-20-6-4-14-30-20)24(28)7-5-15-31-21-11-9-19(29-2)10-12-21/h8-13,16,20H,3-7,14-15,17H2,1-2H3. The van der Waals surface area contributed by atoms with Gasteiger partial charge in [0.2, 0.25) is 5.91 Å². The van der Waals surface area contributed by atoms with Gasteiger partial charge in [-0.25, -0.2) is 4.98 Å². The molecule has 170 valence electrons. The number of methoxy groups -OCH3 is 1. The summed E-state index contributed by atoms with van der Waals surface area (Å²) in [5.74, 6) is 1.88. The van der Waals surface area contributed by atoms with Crippen LogP contribution in [0.3, 0.4) is 0 Å². The molecule has 1 aliphatic heterocycles. The molecule has 7 heteroatoms. The molecule has 32 heavy (non-hydrogen) atoms. The van der Waals surface area contributed by atoms with E-state index in [2.05, 4.69) is 37.3 Å². The van der Waals surface area contributed by atoms with Gasteiger partial charge in [0, 0.05) is 17.9 Å². The van der Waals surface area contributed by atoms with Crippen LogP contribution < -0.4 is 9.64 Å². The average Bonchev–Trinajstić information content (AvgIpc) is 3.49. The molecule has 1 atom stereocenters. The molecule has 1 amide bonds. The second-order valence-electron chi connectivity index (χ2n) is 7.92. The minimum absolute atomic E-state index is 0.103. The summed E-state index contributed by atoms with van der Waals surface area (Å²) >= 11 is 3.37. The van der Waals surface area contributed by atoms with E-state index < -0.39 is 0 Å². The van der Waals surface area contributed by atoms with Crippen LogP contribution >= 0.6 is 23.1 Å². The van der Waals surface area contributed by atoms with E-state index in [9.17, 15) is 4.79 Å². The highest BCUT2D eigenvalue weighted by atomic mass is 32.2. The molecule has 1 unspecified atom stereocenters. The van der Waals surface area contributed by atoms with E-state index in [-0.39, 0.29) is 12.0 Å². The Morgan fingerprint density at radius 1 is 1.28 bits per heavy atom. The molecule has 1 fully saturated rings. The van der Waals surface area contributed by atoms with Crippen LogP contribution in [-0.2, 0) is 16.0 Å². The van der Waals surface area contributed by atoms with Gasteiger partial charge >= 0.3 is 0 Å². The number of thiazole rings is 1. The summed E-state index contributed by atoms with van der Waals surface area (Å²) in [7, 11) is 1.67. The first-order valence-electron chi connectivity index (χ1n) is 11.2. The molecule has 3 aromatic rings. The van der Waals surface area contributed by atoms with Crippen molar-refractivity contribution < 1.29 is 14.3 Å². The van der Waals surface area contributed by atoms with E-state index in [4.69, 9.17) is 14.5 Å². The Kier molecular flexibility index (Phi) is 8.05. The SMILES string of the molecule is CCc1ccc2nc(N(CC3CCCO3)C(=O)CCCSc3ccc(OC)cc3)sc2c1. The summed E-state index contributed by atoms with van der Waals surface area (Å²) in [6.45, 7) is 3.52. The van der Waals surface area contributed by atoms with Crippen LogP contribution in [0.2, 0.25) is 0 Å². The number of hydrogen-bond acceptors (Lipinski definition) is 6. The monoisotopic (exact) mass is 470 g/mol. The van der Waals surface area contributed by atoms with Crippen LogP contribution in [0, 0.1) is 0 Å². The summed E-state index contributed by atoms with van der Waals surface area (Å²) in [6, 6.07) is 14.4. The summed E-state index contributed by atoms with van der Waals surface area (Å²) in [4.78, 5) is 21.1. The lowest BCUT2D eigenvalue weighted by atomic mass is 10.2. The Morgan fingerprint density at radius 3 is 2.84 bits per heavy atom. The first-order chi connectivity index (χ1) is 15.7. The molecule has 0 spiro atoms. The zero-order chi connectivity index (χ0) is 22.3. The molecule has 2 aromatic carbocycles. The zero-order valence-electron chi connectivity index (χ0n) is 18.7. The highest BCUT2D eigenvalue weighted by Crippen LogP contribution is 2.31. The molecule has 1 saturated heterocycles. The van der Waals surface area contributed by atoms with E-state index >= 15 is 0 Å². The Bertz CT molecular complexity index is 1030. The van der Waals surface area contributed by atoms with Crippen molar-refractivity contribution in [2.45, 2.75) is 50.0 Å². The molecule has 0 bridgehead atoms. The minimum Gasteiger partial charge on any atom is -0.497 e. The zero-order valence-corrected chi connectivity index (χ0v) is 20.3. The van der Waals surface area contributed by atoms with Crippen molar-refractivity contribution in [2.24, 2.45) is 0 Å². The van der Waals surface area contributed by atoms with Crippen LogP contribution in [0.1, 0.15) is 38.2 Å². The predicted molar refractivity (Wildman–Crippen MR) is 133 cm³/mol. The van der Waals surface area contributed by atoms with Gasteiger partial charge in [0.15, 0.2) is 5.13 Å². The van der Waals surface area contributed by atoms with Crippen molar-refractivity contribution in [1.29, 1.82) is 0 Å². The third-order valence-corrected chi connectivity index (χ3v) is 7.79. The molecule has 0 aliphatic carbocycles. The number of carbonyl (C=O) groups is 1. The summed E-state index contributed by atoms with van der Waals surface area (Å²) < 4.78 is 12.2. The molecule has 0 saturated carbocycles. The number of nitrogens with zero attached hydrogens (tertiary/aromatic N) is 2. The maximum atomic E-state index is 13.2. The number of thioether (sulfide) groups is 1. The van der Waals surface area contributed by atoms with Gasteiger partial charge in [-0.3, -0.25) is 9.69 Å². The number of carbonyl (C=O) groups excluding carboxylic acids is 1. The maximum absolute atomic E-state index is 13.2. The van der Waals surface area contributed by atoms with Crippen LogP contribution in [-0.4, -0.2) is 43.0 Å². The van der Waals surface area contributed by atoms with Crippen molar-refractivity contribution in [3.8, 4) is 5.75 Å². The molecular weight excluding hydrogens is 440 g/mol. The first-order valence-corrected chi connectivity index (χ1v) is 13.0. The summed E-state index contributed by atoms with van der Waals surface area (Å²) in [5.41, 5.74) is 2.25. The predicted octanol–water partition coefficient (Wildman–Crippen LogP) is 5.95. The van der Waals surface area contributed by atoms with Gasteiger partial charge in [-0.15, -0.1) is 11.8 Å². The van der Waals surface area contributed by atoms with E-state index in [1.54, 1.807) is 30.2 Å². The third kappa shape index (κ3) is 5.82. The van der Waals surface area contributed by atoms with Gasteiger partial charge in [-0.05, 0) is 73.4 Å². The number of rotatable bonds is 10. The first kappa shape index (κ1) is 23.1. The largest absolute Gasteiger partial charge is 0.497 e. The Hall–Kier alpha value is -2.09. The van der Waals surface area contributed by atoms with Gasteiger partial charge in [-0.1, -0.05) is 24.3 Å². The second-order valence-corrected chi connectivity index (χ2v) is 10.1. The van der Waals surface area contributed by atoms with Crippen molar-refractivity contribution in [2.75, 3.05) is 30.9 Å². The lowest BCUT2D eigenvalue weighted by Gasteiger charge is -2.23. The molecular formula is C25H30N2O3S2. The molecule has 1 aliphatic rings. The van der Waals surface area contributed by atoms with E-state index in [0.717, 1.165) is 59.1 Å². The smallest absolute Gasteiger partial charge is 0.228 e. The third-order valence-electron chi connectivity index (χ3n) is 5.66. The fourth-order valence-electron chi connectivity index (χ4n) is 3.79. The quantitative estimate of drug-likeness (QED) is 0.271.